The minimum absolute atomic E-state index is 0.130. The van der Waals surface area contributed by atoms with Gasteiger partial charge in [0.1, 0.15) is 0 Å². The number of aromatic nitrogens is 3. The number of benzene rings is 1. The van der Waals surface area contributed by atoms with Crippen LogP contribution in [0.4, 0.5) is 13.2 Å². The summed E-state index contributed by atoms with van der Waals surface area (Å²) < 4.78 is 34.3. The molecule has 1 aliphatic rings. The van der Waals surface area contributed by atoms with Crippen LogP contribution in [0.15, 0.2) is 34.9 Å². The number of carbonyl (C=O) groups excluding carboxylic acids is 1. The summed E-state index contributed by atoms with van der Waals surface area (Å²) in [5.41, 5.74) is 6.80. The zero-order valence-corrected chi connectivity index (χ0v) is 15.5. The minimum Gasteiger partial charge on any atom is -0.475 e. The van der Waals surface area contributed by atoms with Crippen LogP contribution in [0.1, 0.15) is 17.4 Å². The van der Waals surface area contributed by atoms with E-state index in [1.54, 1.807) is 15.8 Å². The van der Waals surface area contributed by atoms with Gasteiger partial charge in [-0.3, -0.25) is 4.79 Å². The number of nitrogens with two attached hydrogens (primary N) is 1. The van der Waals surface area contributed by atoms with Crippen molar-refractivity contribution in [3.05, 3.63) is 40.6 Å². The molecule has 1 aromatic carbocycles. The number of carbonyl (C=O) groups is 2. The molecule has 0 aliphatic carbocycles. The fraction of sp³-hybridized carbons (Fsp3) is 0.333. The first-order valence-corrected chi connectivity index (χ1v) is 8.25. The van der Waals surface area contributed by atoms with Crippen LogP contribution in [0.2, 0.25) is 0 Å². The van der Waals surface area contributed by atoms with E-state index in [0.717, 1.165) is 10.2 Å². The van der Waals surface area contributed by atoms with Crippen molar-refractivity contribution >= 4 is 27.8 Å². The molecule has 1 aliphatic heterocycles. The van der Waals surface area contributed by atoms with Crippen molar-refractivity contribution in [1.29, 1.82) is 0 Å². The lowest BCUT2D eigenvalue weighted by Crippen LogP contribution is -2.66. The van der Waals surface area contributed by atoms with Crippen molar-refractivity contribution in [1.82, 2.24) is 19.9 Å². The first-order valence-electron chi connectivity index (χ1n) is 7.46. The molecule has 0 spiro atoms. The number of nitrogens with zero attached hydrogens (tertiary/aromatic N) is 4. The van der Waals surface area contributed by atoms with E-state index in [-0.39, 0.29) is 11.4 Å². The van der Waals surface area contributed by atoms with E-state index in [1.165, 1.54) is 0 Å². The van der Waals surface area contributed by atoms with Gasteiger partial charge in [-0.05, 0) is 25.1 Å². The molecule has 1 saturated heterocycles. The average Bonchev–Trinajstić information content (AvgIpc) is 3.01. The fourth-order valence-corrected chi connectivity index (χ4v) is 2.63. The molecule has 2 heterocycles. The summed E-state index contributed by atoms with van der Waals surface area (Å²) in [4.78, 5) is 22.7. The second-order valence-corrected chi connectivity index (χ2v) is 7.06. The summed E-state index contributed by atoms with van der Waals surface area (Å²) in [7, 11) is 0. The maximum absolute atomic E-state index is 12.2. The Hall–Kier alpha value is -2.47. The third kappa shape index (κ3) is 5.50. The number of alkyl halides is 3. The van der Waals surface area contributed by atoms with Gasteiger partial charge in [-0.25, -0.2) is 9.48 Å². The molecule has 3 N–H and O–H groups in total. The summed E-state index contributed by atoms with van der Waals surface area (Å²) in [6, 6.07) is 7.63. The lowest BCUT2D eigenvalue weighted by Gasteiger charge is -2.44. The summed E-state index contributed by atoms with van der Waals surface area (Å²) >= 11 is 3.40. The molecule has 1 fully saturated rings. The molecule has 1 amide bonds. The second-order valence-electron chi connectivity index (χ2n) is 6.15. The molecular weight excluding hydrogens is 435 g/mol. The predicted octanol–water partition coefficient (Wildman–Crippen LogP) is 1.84. The van der Waals surface area contributed by atoms with E-state index in [4.69, 9.17) is 15.6 Å². The number of aliphatic carboxylic acids is 1. The number of hydrogen-bond acceptors (Lipinski definition) is 5. The molecule has 12 heteroatoms. The highest BCUT2D eigenvalue weighted by Gasteiger charge is 2.39. The Morgan fingerprint density at radius 3 is 2.41 bits per heavy atom. The highest BCUT2D eigenvalue weighted by Crippen LogP contribution is 2.20. The van der Waals surface area contributed by atoms with Crippen LogP contribution in [0, 0.1) is 0 Å². The third-order valence-corrected chi connectivity index (χ3v) is 3.91. The molecule has 2 aromatic rings. The fourth-order valence-electron chi connectivity index (χ4n) is 2.24. The van der Waals surface area contributed by atoms with Gasteiger partial charge in [0.15, 0.2) is 5.69 Å². The van der Waals surface area contributed by atoms with Gasteiger partial charge in [0.25, 0.3) is 5.91 Å². The second kappa shape index (κ2) is 7.64. The first kappa shape index (κ1) is 20.8. The maximum atomic E-state index is 12.2. The van der Waals surface area contributed by atoms with Crippen molar-refractivity contribution < 1.29 is 27.9 Å². The number of carboxylic acid groups (broad SMARTS) is 1. The SMILES string of the molecule is CC1(N)CN(C(=O)c2cn(-c3cccc(Br)c3)nn2)C1.O=C(O)C(F)(F)F. The number of rotatable bonds is 2. The number of halogens is 4. The largest absolute Gasteiger partial charge is 0.490 e. The lowest BCUT2D eigenvalue weighted by atomic mass is 9.93. The van der Waals surface area contributed by atoms with Crippen molar-refractivity contribution in [2.75, 3.05) is 13.1 Å². The summed E-state index contributed by atoms with van der Waals surface area (Å²) in [6.45, 7) is 3.03. The Morgan fingerprint density at radius 2 is 1.93 bits per heavy atom. The topological polar surface area (TPSA) is 114 Å². The Kier molecular flexibility index (Phi) is 5.90. The molecule has 1 aromatic heterocycles. The molecule has 0 unspecified atom stereocenters. The van der Waals surface area contributed by atoms with Gasteiger partial charge in [-0.1, -0.05) is 27.2 Å². The zero-order valence-electron chi connectivity index (χ0n) is 13.9. The van der Waals surface area contributed by atoms with E-state index in [9.17, 15) is 18.0 Å². The highest BCUT2D eigenvalue weighted by molar-refractivity contribution is 9.10. The quantitative estimate of drug-likeness (QED) is 0.722. The molecule has 0 atom stereocenters. The van der Waals surface area contributed by atoms with Gasteiger partial charge in [0, 0.05) is 23.1 Å². The number of hydrogen-bond donors (Lipinski definition) is 2. The van der Waals surface area contributed by atoms with E-state index in [2.05, 4.69) is 26.2 Å². The summed E-state index contributed by atoms with van der Waals surface area (Å²) in [6.07, 6.45) is -3.45. The first-order chi connectivity index (χ1) is 12.4. The van der Waals surface area contributed by atoms with Crippen LogP contribution < -0.4 is 5.73 Å². The maximum Gasteiger partial charge on any atom is 0.490 e. The molecule has 146 valence electrons. The Morgan fingerprint density at radius 1 is 1.33 bits per heavy atom. The van der Waals surface area contributed by atoms with Gasteiger partial charge in [-0.2, -0.15) is 13.2 Å². The summed E-state index contributed by atoms with van der Waals surface area (Å²) in [5, 5.41) is 15.1. The van der Waals surface area contributed by atoms with E-state index in [0.29, 0.717) is 18.8 Å². The monoisotopic (exact) mass is 449 g/mol. The summed E-state index contributed by atoms with van der Waals surface area (Å²) in [5.74, 6) is -2.89. The molecule has 3 rings (SSSR count). The van der Waals surface area contributed by atoms with Crippen LogP contribution in [-0.2, 0) is 4.79 Å². The molecular formula is C15H15BrF3N5O3. The Bertz CT molecular complexity index is 845. The smallest absolute Gasteiger partial charge is 0.475 e. The normalized spacial score (nSPS) is 15.4. The molecule has 27 heavy (non-hydrogen) atoms. The zero-order chi connectivity index (χ0) is 20.4. The van der Waals surface area contributed by atoms with Crippen molar-refractivity contribution in [2.24, 2.45) is 5.73 Å². The number of likely N-dealkylation sites (tertiary alicyclic amines) is 1. The average molecular weight is 450 g/mol. The molecule has 8 nitrogen and oxygen atoms in total. The van der Waals surface area contributed by atoms with Gasteiger partial charge in [0.2, 0.25) is 0 Å². The Labute approximate surface area is 159 Å². The van der Waals surface area contributed by atoms with Crippen LogP contribution in [0.5, 0.6) is 0 Å². The van der Waals surface area contributed by atoms with Gasteiger partial charge >= 0.3 is 12.1 Å². The van der Waals surface area contributed by atoms with E-state index < -0.39 is 12.1 Å². The minimum atomic E-state index is -5.08. The lowest BCUT2D eigenvalue weighted by molar-refractivity contribution is -0.192. The van der Waals surface area contributed by atoms with Gasteiger partial charge < -0.3 is 15.7 Å². The molecule has 0 radical (unpaired) electrons. The molecule has 0 bridgehead atoms. The Balaban J connectivity index is 0.000000321. The molecule has 0 saturated carbocycles. The number of carboxylic acids is 1. The predicted molar refractivity (Wildman–Crippen MR) is 91.2 cm³/mol. The highest BCUT2D eigenvalue weighted by atomic mass is 79.9. The van der Waals surface area contributed by atoms with Crippen LogP contribution >= 0.6 is 15.9 Å². The number of amides is 1. The van der Waals surface area contributed by atoms with Crippen LogP contribution in [0.25, 0.3) is 5.69 Å². The van der Waals surface area contributed by atoms with Crippen molar-refractivity contribution in [2.45, 2.75) is 18.6 Å². The van der Waals surface area contributed by atoms with Gasteiger partial charge in [-0.15, -0.1) is 5.10 Å². The van der Waals surface area contributed by atoms with E-state index in [1.807, 2.05) is 31.2 Å². The third-order valence-electron chi connectivity index (χ3n) is 3.42. The van der Waals surface area contributed by atoms with Crippen molar-refractivity contribution in [3.63, 3.8) is 0 Å². The van der Waals surface area contributed by atoms with Gasteiger partial charge in [0.05, 0.1) is 11.9 Å². The van der Waals surface area contributed by atoms with Crippen molar-refractivity contribution in [3.8, 4) is 5.69 Å². The van der Waals surface area contributed by atoms with Crippen LogP contribution in [0.3, 0.4) is 0 Å². The van der Waals surface area contributed by atoms with Crippen LogP contribution in [-0.4, -0.2) is 61.7 Å². The standard InChI is InChI=1S/C13H14BrN5O.C2HF3O2/c1-13(15)7-18(8-13)12(20)11-6-19(17-16-11)10-4-2-3-9(14)5-10;3-2(4,5)1(6)7/h2-6H,7-8,15H2,1H3;(H,6,7). The van der Waals surface area contributed by atoms with E-state index >= 15 is 0 Å².